The summed E-state index contributed by atoms with van der Waals surface area (Å²) in [6, 6.07) is 8.51. The Hall–Kier alpha value is -0.860. The average Bonchev–Trinajstić information content (AvgIpc) is 2.83. The summed E-state index contributed by atoms with van der Waals surface area (Å²) < 4.78 is 0. The SMILES string of the molecule is Cc1ccc(C2ON2C(C)(C)C)cc1. The molecule has 2 atom stereocenters. The van der Waals surface area contributed by atoms with Crippen LogP contribution in [0.4, 0.5) is 0 Å². The van der Waals surface area contributed by atoms with Crippen LogP contribution in [0.5, 0.6) is 0 Å². The summed E-state index contributed by atoms with van der Waals surface area (Å²) in [5.74, 6) is 0. The Morgan fingerprint density at radius 2 is 1.71 bits per heavy atom. The Morgan fingerprint density at radius 3 is 2.14 bits per heavy atom. The number of hydrogen-bond donors (Lipinski definition) is 0. The van der Waals surface area contributed by atoms with E-state index in [-0.39, 0.29) is 11.8 Å². The maximum absolute atomic E-state index is 5.54. The van der Waals surface area contributed by atoms with Crippen LogP contribution in [0.3, 0.4) is 0 Å². The maximum Gasteiger partial charge on any atom is 0.180 e. The highest BCUT2D eigenvalue weighted by Gasteiger charge is 2.45. The normalized spacial score (nSPS) is 26.3. The molecule has 0 bridgehead atoms. The summed E-state index contributed by atoms with van der Waals surface area (Å²) in [5.41, 5.74) is 2.62. The molecule has 1 aliphatic heterocycles. The van der Waals surface area contributed by atoms with Crippen molar-refractivity contribution < 1.29 is 4.84 Å². The third-order valence-corrected chi connectivity index (χ3v) is 2.40. The summed E-state index contributed by atoms with van der Waals surface area (Å²) in [7, 11) is 0. The summed E-state index contributed by atoms with van der Waals surface area (Å²) in [6.45, 7) is 8.56. The fourth-order valence-corrected chi connectivity index (χ4v) is 1.52. The van der Waals surface area contributed by atoms with Crippen LogP contribution >= 0.6 is 0 Å². The molecule has 0 amide bonds. The van der Waals surface area contributed by atoms with Gasteiger partial charge in [0.1, 0.15) is 0 Å². The van der Waals surface area contributed by atoms with Gasteiger partial charge >= 0.3 is 0 Å². The second-order valence-corrected chi connectivity index (χ2v) is 4.87. The predicted octanol–water partition coefficient (Wildman–Crippen LogP) is 3.04. The first-order chi connectivity index (χ1) is 6.48. The van der Waals surface area contributed by atoms with E-state index in [1.54, 1.807) is 0 Å². The van der Waals surface area contributed by atoms with Gasteiger partial charge in [0, 0.05) is 5.54 Å². The molecule has 2 heteroatoms. The van der Waals surface area contributed by atoms with Gasteiger partial charge in [-0.05, 0) is 33.3 Å². The molecule has 2 nitrogen and oxygen atoms in total. The van der Waals surface area contributed by atoms with Gasteiger partial charge < -0.3 is 0 Å². The summed E-state index contributed by atoms with van der Waals surface area (Å²) in [4.78, 5) is 5.54. The number of nitrogens with zero attached hydrogens (tertiary/aromatic N) is 1. The van der Waals surface area contributed by atoms with E-state index >= 15 is 0 Å². The Kier molecular flexibility index (Phi) is 2.13. The van der Waals surface area contributed by atoms with Crippen LogP contribution in [0, 0.1) is 6.92 Å². The molecule has 0 aromatic heterocycles. The molecule has 0 spiro atoms. The van der Waals surface area contributed by atoms with E-state index in [2.05, 4.69) is 52.0 Å². The lowest BCUT2D eigenvalue weighted by Gasteiger charge is -2.16. The van der Waals surface area contributed by atoms with Crippen LogP contribution in [0.2, 0.25) is 0 Å². The van der Waals surface area contributed by atoms with Gasteiger partial charge in [-0.3, -0.25) is 4.84 Å². The first-order valence-corrected chi connectivity index (χ1v) is 5.01. The van der Waals surface area contributed by atoms with E-state index in [1.165, 1.54) is 11.1 Å². The van der Waals surface area contributed by atoms with Crippen molar-refractivity contribution in [3.63, 3.8) is 0 Å². The van der Waals surface area contributed by atoms with Crippen LogP contribution < -0.4 is 0 Å². The number of benzene rings is 1. The molecule has 1 fully saturated rings. The number of rotatable bonds is 1. The third kappa shape index (κ3) is 1.81. The molecule has 0 aliphatic carbocycles. The lowest BCUT2D eigenvalue weighted by molar-refractivity contribution is 0.101. The van der Waals surface area contributed by atoms with Crippen molar-refractivity contribution >= 4 is 0 Å². The van der Waals surface area contributed by atoms with Crippen molar-refractivity contribution in [2.75, 3.05) is 0 Å². The van der Waals surface area contributed by atoms with Crippen LogP contribution in [-0.2, 0) is 4.84 Å². The van der Waals surface area contributed by atoms with Crippen LogP contribution in [-0.4, -0.2) is 10.6 Å². The second kappa shape index (κ2) is 3.07. The van der Waals surface area contributed by atoms with Gasteiger partial charge in [0.2, 0.25) is 0 Å². The Morgan fingerprint density at radius 1 is 1.14 bits per heavy atom. The minimum absolute atomic E-state index is 0.0928. The summed E-state index contributed by atoms with van der Waals surface area (Å²) >= 11 is 0. The van der Waals surface area contributed by atoms with E-state index < -0.39 is 0 Å². The zero-order chi connectivity index (χ0) is 10.3. The first kappa shape index (κ1) is 9.69. The van der Waals surface area contributed by atoms with Crippen LogP contribution in [0.1, 0.15) is 38.1 Å². The van der Waals surface area contributed by atoms with Gasteiger partial charge in [-0.15, -0.1) is 5.06 Å². The standard InChI is InChI=1S/C12H17NO/c1-9-5-7-10(8-6-9)11-13(14-11)12(2,3)4/h5-8,11H,1-4H3. The van der Waals surface area contributed by atoms with Crippen molar-refractivity contribution in [3.05, 3.63) is 35.4 Å². The minimum Gasteiger partial charge on any atom is -0.269 e. The van der Waals surface area contributed by atoms with Gasteiger partial charge in [-0.2, -0.15) is 0 Å². The van der Waals surface area contributed by atoms with Gasteiger partial charge in [0.15, 0.2) is 6.23 Å². The summed E-state index contributed by atoms with van der Waals surface area (Å²) in [5, 5.41) is 2.03. The molecular formula is C12H17NO. The number of hydroxylamine groups is 2. The maximum atomic E-state index is 5.54. The van der Waals surface area contributed by atoms with Crippen molar-refractivity contribution in [2.24, 2.45) is 0 Å². The molecule has 1 aromatic rings. The largest absolute Gasteiger partial charge is 0.269 e. The van der Waals surface area contributed by atoms with Gasteiger partial charge in [0.25, 0.3) is 0 Å². The van der Waals surface area contributed by atoms with E-state index in [4.69, 9.17) is 4.84 Å². The van der Waals surface area contributed by atoms with Crippen molar-refractivity contribution in [1.82, 2.24) is 5.06 Å². The second-order valence-electron chi connectivity index (χ2n) is 4.87. The minimum atomic E-state index is 0.0928. The highest BCUT2D eigenvalue weighted by Crippen LogP contribution is 2.42. The van der Waals surface area contributed by atoms with Gasteiger partial charge in [-0.25, -0.2) is 0 Å². The van der Waals surface area contributed by atoms with E-state index in [9.17, 15) is 0 Å². The third-order valence-electron chi connectivity index (χ3n) is 2.40. The van der Waals surface area contributed by atoms with Crippen molar-refractivity contribution in [1.29, 1.82) is 0 Å². The Bertz CT molecular complexity index is 323. The molecule has 1 heterocycles. The summed E-state index contributed by atoms with van der Waals surface area (Å²) in [6.07, 6.45) is 0.163. The fourth-order valence-electron chi connectivity index (χ4n) is 1.52. The Labute approximate surface area is 85.4 Å². The molecule has 2 unspecified atom stereocenters. The molecule has 14 heavy (non-hydrogen) atoms. The highest BCUT2D eigenvalue weighted by molar-refractivity contribution is 5.24. The fraction of sp³-hybridized carbons (Fsp3) is 0.500. The molecule has 1 saturated heterocycles. The monoisotopic (exact) mass is 191 g/mol. The number of hydrogen-bond acceptors (Lipinski definition) is 2. The molecular weight excluding hydrogens is 174 g/mol. The van der Waals surface area contributed by atoms with Gasteiger partial charge in [-0.1, -0.05) is 29.8 Å². The van der Waals surface area contributed by atoms with Crippen LogP contribution in [0.15, 0.2) is 24.3 Å². The lowest BCUT2D eigenvalue weighted by atomic mass is 10.1. The first-order valence-electron chi connectivity index (χ1n) is 5.01. The van der Waals surface area contributed by atoms with Crippen LogP contribution in [0.25, 0.3) is 0 Å². The molecule has 0 saturated carbocycles. The number of aryl methyl sites for hydroxylation is 1. The molecule has 1 aliphatic rings. The smallest absolute Gasteiger partial charge is 0.180 e. The zero-order valence-corrected chi connectivity index (χ0v) is 9.24. The quantitative estimate of drug-likeness (QED) is 0.634. The zero-order valence-electron chi connectivity index (χ0n) is 9.24. The highest BCUT2D eigenvalue weighted by atomic mass is 16.8. The van der Waals surface area contributed by atoms with E-state index in [0.717, 1.165) is 0 Å². The molecule has 2 rings (SSSR count). The van der Waals surface area contributed by atoms with E-state index in [0.29, 0.717) is 0 Å². The predicted molar refractivity (Wildman–Crippen MR) is 56.6 cm³/mol. The topological polar surface area (TPSA) is 15.5 Å². The molecule has 0 N–H and O–H groups in total. The van der Waals surface area contributed by atoms with Gasteiger partial charge in [0.05, 0.1) is 0 Å². The van der Waals surface area contributed by atoms with Crippen molar-refractivity contribution in [2.45, 2.75) is 39.5 Å². The Balaban J connectivity index is 2.10. The average molecular weight is 191 g/mol. The molecule has 0 radical (unpaired) electrons. The van der Waals surface area contributed by atoms with Crippen molar-refractivity contribution in [3.8, 4) is 0 Å². The van der Waals surface area contributed by atoms with E-state index in [1.807, 2.05) is 5.06 Å². The lowest BCUT2D eigenvalue weighted by Crippen LogP contribution is -2.25. The molecule has 1 aromatic carbocycles. The molecule has 76 valence electrons.